The molecule has 174 valence electrons. The van der Waals surface area contributed by atoms with Crippen LogP contribution >= 0.6 is 0 Å². The number of allylic oxidation sites excluding steroid dienone is 4. The molecule has 0 aromatic rings. The number of nitrogens with two attached hydrogens (primary N) is 1. The first-order valence-electron chi connectivity index (χ1n) is 13.6. The number of rotatable bonds is 3. The van der Waals surface area contributed by atoms with Gasteiger partial charge in [-0.25, -0.2) is 0 Å². The van der Waals surface area contributed by atoms with E-state index in [1.165, 1.54) is 64.3 Å². The van der Waals surface area contributed by atoms with Crippen LogP contribution in [0.3, 0.4) is 0 Å². The molecule has 0 spiro atoms. The van der Waals surface area contributed by atoms with Crippen LogP contribution in [-0.2, 0) is 0 Å². The van der Waals surface area contributed by atoms with E-state index in [1.807, 2.05) is 5.57 Å². The summed E-state index contributed by atoms with van der Waals surface area (Å²) in [5, 5.41) is 3.75. The molecule has 1 saturated heterocycles. The molecular formula is C29H48N2. The zero-order valence-corrected chi connectivity index (χ0v) is 20.9. The summed E-state index contributed by atoms with van der Waals surface area (Å²) < 4.78 is 0. The lowest BCUT2D eigenvalue weighted by Gasteiger charge is -2.58. The lowest BCUT2D eigenvalue weighted by Crippen LogP contribution is -2.50. The van der Waals surface area contributed by atoms with E-state index in [2.05, 4.69) is 52.1 Å². The van der Waals surface area contributed by atoms with Crippen molar-refractivity contribution in [2.24, 2.45) is 58.0 Å². The average molecular weight is 425 g/mol. The van der Waals surface area contributed by atoms with E-state index in [4.69, 9.17) is 5.73 Å². The Bertz CT molecular complexity index is 750. The van der Waals surface area contributed by atoms with Crippen molar-refractivity contribution in [2.75, 3.05) is 6.54 Å². The Morgan fingerprint density at radius 2 is 1.74 bits per heavy atom. The third-order valence-electron chi connectivity index (χ3n) is 11.3. The van der Waals surface area contributed by atoms with Gasteiger partial charge in [0.2, 0.25) is 0 Å². The number of fused-ring (bicyclic) bond motifs is 5. The fourth-order valence-electron chi connectivity index (χ4n) is 9.38. The van der Waals surface area contributed by atoms with Gasteiger partial charge in [0.15, 0.2) is 0 Å². The molecular weight excluding hydrogens is 376 g/mol. The van der Waals surface area contributed by atoms with E-state index >= 15 is 0 Å². The van der Waals surface area contributed by atoms with Gasteiger partial charge < -0.3 is 11.1 Å². The molecule has 2 heteroatoms. The van der Waals surface area contributed by atoms with Gasteiger partial charge >= 0.3 is 0 Å². The monoisotopic (exact) mass is 424 g/mol. The smallest absolute Gasteiger partial charge is 0.0150 e. The molecule has 3 N–H and O–H groups in total. The third kappa shape index (κ3) is 3.46. The van der Waals surface area contributed by atoms with E-state index in [0.717, 1.165) is 35.5 Å². The van der Waals surface area contributed by atoms with Gasteiger partial charge in [-0.3, -0.25) is 0 Å². The van der Waals surface area contributed by atoms with Crippen LogP contribution in [0.5, 0.6) is 0 Å². The second-order valence-electron chi connectivity index (χ2n) is 13.1. The van der Waals surface area contributed by atoms with Crippen LogP contribution in [0.4, 0.5) is 0 Å². The van der Waals surface area contributed by atoms with Crippen molar-refractivity contribution in [3.05, 3.63) is 23.4 Å². The lowest BCUT2D eigenvalue weighted by atomic mass is 9.47. The normalized spacial score (nSPS) is 49.3. The predicted octanol–water partition coefficient (Wildman–Crippen LogP) is 6.68. The molecule has 0 bridgehead atoms. The quantitative estimate of drug-likeness (QED) is 0.496. The molecule has 4 aliphatic carbocycles. The Morgan fingerprint density at radius 1 is 1.00 bits per heavy atom. The summed E-state index contributed by atoms with van der Waals surface area (Å²) in [4.78, 5) is 0. The number of hydrogen-bond acceptors (Lipinski definition) is 2. The molecule has 4 fully saturated rings. The zero-order chi connectivity index (χ0) is 22.0. The minimum absolute atomic E-state index is 0.450. The fourth-order valence-corrected chi connectivity index (χ4v) is 9.38. The molecule has 3 saturated carbocycles. The Kier molecular flexibility index (Phi) is 5.64. The maximum absolute atomic E-state index is 6.39. The minimum Gasteiger partial charge on any atom is -0.388 e. The van der Waals surface area contributed by atoms with Gasteiger partial charge in [-0.2, -0.15) is 0 Å². The van der Waals surface area contributed by atoms with E-state index < -0.39 is 0 Å². The highest BCUT2D eigenvalue weighted by atomic mass is 14.9. The molecule has 0 aromatic heterocycles. The van der Waals surface area contributed by atoms with Gasteiger partial charge in [0.1, 0.15) is 0 Å². The van der Waals surface area contributed by atoms with Crippen molar-refractivity contribution < 1.29 is 0 Å². The standard InChI is InChI=1S/C29H48N2/c1-18(2)22-12-15-31-27(22)16-19(3)24-8-9-25-23-7-6-20-17-21(30)10-13-28(20,4)26(23)11-14-29(24,25)5/h7,16,18-22,24-26,31H,6,8-15,17,30H2,1-5H3/t19-,20+,21-,22-,24-,25+,26+,28+,29-/m1/s1. The molecule has 0 amide bonds. The summed E-state index contributed by atoms with van der Waals surface area (Å²) >= 11 is 0. The van der Waals surface area contributed by atoms with Gasteiger partial charge in [-0.15, -0.1) is 0 Å². The second kappa shape index (κ2) is 7.93. The molecule has 5 rings (SSSR count). The van der Waals surface area contributed by atoms with Crippen LogP contribution in [0.2, 0.25) is 0 Å². The molecule has 5 aliphatic rings. The summed E-state index contributed by atoms with van der Waals surface area (Å²) in [7, 11) is 0. The fraction of sp³-hybridized carbons (Fsp3) is 0.862. The minimum atomic E-state index is 0.450. The maximum Gasteiger partial charge on any atom is 0.0150 e. The number of hydrogen-bond donors (Lipinski definition) is 2. The van der Waals surface area contributed by atoms with Crippen LogP contribution in [0, 0.1) is 52.3 Å². The first-order chi connectivity index (χ1) is 14.7. The van der Waals surface area contributed by atoms with E-state index in [1.54, 1.807) is 5.70 Å². The van der Waals surface area contributed by atoms with Crippen LogP contribution < -0.4 is 11.1 Å². The second-order valence-corrected chi connectivity index (χ2v) is 13.1. The largest absolute Gasteiger partial charge is 0.388 e. The van der Waals surface area contributed by atoms with Gasteiger partial charge in [-0.1, -0.05) is 52.3 Å². The first kappa shape index (κ1) is 22.1. The van der Waals surface area contributed by atoms with Crippen LogP contribution in [0.25, 0.3) is 0 Å². The highest BCUT2D eigenvalue weighted by molar-refractivity contribution is 5.28. The van der Waals surface area contributed by atoms with Gasteiger partial charge in [-0.05, 0) is 104 Å². The van der Waals surface area contributed by atoms with Crippen LogP contribution in [0.15, 0.2) is 23.4 Å². The highest BCUT2D eigenvalue weighted by Gasteiger charge is 2.58. The van der Waals surface area contributed by atoms with Crippen molar-refractivity contribution in [3.8, 4) is 0 Å². The Morgan fingerprint density at radius 3 is 2.52 bits per heavy atom. The van der Waals surface area contributed by atoms with Crippen molar-refractivity contribution in [1.82, 2.24) is 5.32 Å². The Hall–Kier alpha value is -0.760. The topological polar surface area (TPSA) is 38.0 Å². The van der Waals surface area contributed by atoms with Crippen molar-refractivity contribution in [2.45, 2.75) is 98.4 Å². The SMILES string of the molecule is CC(C)[C@H]1CCNC1=C[C@@H](C)[C@H]1CC[C@H]2C3=CC[C@H]4C[C@H](N)CC[C@]4(C)[C@H]3CC[C@]12C. The molecule has 0 aromatic carbocycles. The van der Waals surface area contributed by atoms with E-state index in [9.17, 15) is 0 Å². The van der Waals surface area contributed by atoms with Crippen LogP contribution in [0.1, 0.15) is 92.4 Å². The predicted molar refractivity (Wildman–Crippen MR) is 131 cm³/mol. The molecule has 0 unspecified atom stereocenters. The zero-order valence-electron chi connectivity index (χ0n) is 20.9. The molecule has 1 aliphatic heterocycles. The summed E-state index contributed by atoms with van der Waals surface area (Å²) in [5.74, 6) is 5.53. The Labute approximate surface area is 191 Å². The molecule has 31 heavy (non-hydrogen) atoms. The van der Waals surface area contributed by atoms with Gasteiger partial charge in [0.25, 0.3) is 0 Å². The van der Waals surface area contributed by atoms with Crippen molar-refractivity contribution in [1.29, 1.82) is 0 Å². The highest BCUT2D eigenvalue weighted by Crippen LogP contribution is 2.66. The summed E-state index contributed by atoms with van der Waals surface area (Å²) in [5.41, 5.74) is 10.9. The summed E-state index contributed by atoms with van der Waals surface area (Å²) in [6.45, 7) is 13.8. The number of nitrogens with one attached hydrogen (secondary N) is 1. The summed E-state index contributed by atoms with van der Waals surface area (Å²) in [6.07, 6.45) is 17.6. The van der Waals surface area contributed by atoms with Crippen molar-refractivity contribution >= 4 is 0 Å². The lowest BCUT2D eigenvalue weighted by molar-refractivity contribution is -0.00906. The van der Waals surface area contributed by atoms with E-state index in [0.29, 0.717) is 22.8 Å². The third-order valence-corrected chi connectivity index (χ3v) is 11.3. The summed E-state index contributed by atoms with van der Waals surface area (Å²) in [6, 6.07) is 0.450. The maximum atomic E-state index is 6.39. The molecule has 9 atom stereocenters. The van der Waals surface area contributed by atoms with Crippen molar-refractivity contribution in [3.63, 3.8) is 0 Å². The van der Waals surface area contributed by atoms with Gasteiger partial charge in [0, 0.05) is 24.2 Å². The van der Waals surface area contributed by atoms with Gasteiger partial charge in [0.05, 0.1) is 0 Å². The Balaban J connectivity index is 1.38. The molecule has 1 heterocycles. The van der Waals surface area contributed by atoms with E-state index in [-0.39, 0.29) is 0 Å². The molecule has 2 nitrogen and oxygen atoms in total. The molecule has 0 radical (unpaired) electrons. The van der Waals surface area contributed by atoms with Crippen LogP contribution in [-0.4, -0.2) is 12.6 Å². The average Bonchev–Trinajstić information content (AvgIpc) is 3.32. The first-order valence-corrected chi connectivity index (χ1v) is 13.6.